The van der Waals surface area contributed by atoms with Gasteiger partial charge in [-0.2, -0.15) is 0 Å². The lowest BCUT2D eigenvalue weighted by atomic mass is 10.2. The van der Waals surface area contributed by atoms with E-state index in [1.165, 1.54) is 0 Å². The average molecular weight is 322 g/mol. The lowest BCUT2D eigenvalue weighted by Crippen LogP contribution is -2.17. The highest BCUT2D eigenvalue weighted by Crippen LogP contribution is 2.23. The van der Waals surface area contributed by atoms with Gasteiger partial charge >= 0.3 is 0 Å². The number of nitrogens with one attached hydrogen (secondary N) is 2. The quantitative estimate of drug-likeness (QED) is 0.803. The lowest BCUT2D eigenvalue weighted by molar-refractivity contribution is 0.599. The van der Waals surface area contributed by atoms with Crippen molar-refractivity contribution in [1.82, 2.24) is 5.32 Å². The Morgan fingerprint density at radius 3 is 2.57 bits per heavy atom. The van der Waals surface area contributed by atoms with Gasteiger partial charge in [-0.1, -0.05) is 24.3 Å². The summed E-state index contributed by atoms with van der Waals surface area (Å²) in [7, 11) is -1.80. The minimum atomic E-state index is -3.59. The van der Waals surface area contributed by atoms with Crippen LogP contribution in [-0.4, -0.2) is 21.7 Å². The monoisotopic (exact) mass is 322 g/mol. The topological polar surface area (TPSA) is 58.2 Å². The molecule has 2 N–H and O–H groups in total. The van der Waals surface area contributed by atoms with Crippen LogP contribution in [0.2, 0.25) is 0 Å². The first-order valence-corrected chi connectivity index (χ1v) is 9.17. The van der Waals surface area contributed by atoms with Crippen molar-refractivity contribution in [2.75, 3.05) is 18.0 Å². The van der Waals surface area contributed by atoms with Crippen molar-refractivity contribution >= 4 is 27.5 Å². The largest absolute Gasteiger partial charge is 0.316 e. The lowest BCUT2D eigenvalue weighted by Gasteiger charge is -2.12. The second-order valence-corrected chi connectivity index (χ2v) is 7.01. The Hall–Kier alpha value is -1.50. The molecule has 4 nitrogen and oxygen atoms in total. The molecule has 6 heteroatoms. The molecule has 2 aromatic rings. The van der Waals surface area contributed by atoms with Crippen LogP contribution in [0, 0.1) is 0 Å². The predicted molar refractivity (Wildman–Crippen MR) is 88.2 cm³/mol. The summed E-state index contributed by atoms with van der Waals surface area (Å²) in [5, 5.41) is 2.98. The Morgan fingerprint density at radius 2 is 1.86 bits per heavy atom. The first kappa shape index (κ1) is 15.9. The molecule has 0 unspecified atom stereocenters. The summed E-state index contributed by atoms with van der Waals surface area (Å²) in [6.07, 6.45) is 1.95. The molecule has 0 aliphatic rings. The first-order valence-electron chi connectivity index (χ1n) is 6.46. The van der Waals surface area contributed by atoms with E-state index in [4.69, 9.17) is 0 Å². The highest BCUT2D eigenvalue weighted by molar-refractivity contribution is 7.98. The molecule has 0 radical (unpaired) electrons. The van der Waals surface area contributed by atoms with Gasteiger partial charge in [-0.05, 0) is 43.1 Å². The van der Waals surface area contributed by atoms with Crippen molar-refractivity contribution in [1.29, 1.82) is 0 Å². The van der Waals surface area contributed by atoms with Gasteiger partial charge in [0.1, 0.15) is 0 Å². The third kappa shape index (κ3) is 4.00. The van der Waals surface area contributed by atoms with Crippen molar-refractivity contribution < 1.29 is 8.42 Å². The molecule has 0 spiro atoms. The molecule has 0 amide bonds. The summed E-state index contributed by atoms with van der Waals surface area (Å²) < 4.78 is 27.7. The van der Waals surface area contributed by atoms with Crippen LogP contribution in [0.5, 0.6) is 0 Å². The molecule has 0 aromatic heterocycles. The van der Waals surface area contributed by atoms with Crippen LogP contribution in [0.4, 0.5) is 5.69 Å². The standard InChI is InChI=1S/C15H18N2O2S2/c1-16-11-12-6-3-4-9-15(12)21(18,19)17-13-7-5-8-14(10-13)20-2/h3-10,16-17H,11H2,1-2H3. The fourth-order valence-electron chi connectivity index (χ4n) is 2.00. The maximum absolute atomic E-state index is 12.6. The number of hydrogen-bond donors (Lipinski definition) is 2. The normalized spacial score (nSPS) is 11.3. The first-order chi connectivity index (χ1) is 10.1. The molecule has 112 valence electrons. The van der Waals surface area contributed by atoms with Gasteiger partial charge in [-0.15, -0.1) is 11.8 Å². The fraction of sp³-hybridized carbons (Fsp3) is 0.200. The number of benzene rings is 2. The summed E-state index contributed by atoms with van der Waals surface area (Å²) in [6, 6.07) is 14.3. The smallest absolute Gasteiger partial charge is 0.262 e. The van der Waals surface area contributed by atoms with Crippen LogP contribution in [0.25, 0.3) is 0 Å². The maximum Gasteiger partial charge on any atom is 0.262 e. The summed E-state index contributed by atoms with van der Waals surface area (Å²) in [5.41, 5.74) is 1.31. The minimum Gasteiger partial charge on any atom is -0.316 e. The van der Waals surface area contributed by atoms with E-state index in [-0.39, 0.29) is 0 Å². The molecule has 0 saturated heterocycles. The average Bonchev–Trinajstić information content (AvgIpc) is 2.48. The van der Waals surface area contributed by atoms with Crippen molar-refractivity contribution in [3.8, 4) is 0 Å². The molecule has 0 aliphatic heterocycles. The second-order valence-electron chi connectivity index (χ2n) is 4.48. The van der Waals surface area contributed by atoms with Crippen molar-refractivity contribution in [2.24, 2.45) is 0 Å². The van der Waals surface area contributed by atoms with E-state index in [0.29, 0.717) is 17.1 Å². The van der Waals surface area contributed by atoms with Crippen molar-refractivity contribution in [3.05, 3.63) is 54.1 Å². The molecule has 0 aliphatic carbocycles. The zero-order valence-electron chi connectivity index (χ0n) is 12.0. The Kier molecular flexibility index (Phi) is 5.27. The van der Waals surface area contributed by atoms with E-state index in [1.807, 2.05) is 36.6 Å². The van der Waals surface area contributed by atoms with Crippen LogP contribution in [0.15, 0.2) is 58.3 Å². The van der Waals surface area contributed by atoms with Crippen molar-refractivity contribution in [2.45, 2.75) is 16.3 Å². The van der Waals surface area contributed by atoms with Gasteiger partial charge in [0.25, 0.3) is 10.0 Å². The number of rotatable bonds is 6. The number of thioether (sulfide) groups is 1. The van der Waals surface area contributed by atoms with Gasteiger partial charge in [-0.3, -0.25) is 4.72 Å². The predicted octanol–water partition coefficient (Wildman–Crippen LogP) is 2.93. The SMILES string of the molecule is CNCc1ccccc1S(=O)(=O)Nc1cccc(SC)c1. The minimum absolute atomic E-state index is 0.300. The van der Waals surface area contributed by atoms with Crippen LogP contribution in [-0.2, 0) is 16.6 Å². The summed E-state index contributed by atoms with van der Waals surface area (Å²) in [4.78, 5) is 1.31. The van der Waals surface area contributed by atoms with Crippen LogP contribution < -0.4 is 10.0 Å². The Balaban J connectivity index is 2.34. The number of hydrogen-bond acceptors (Lipinski definition) is 4. The molecular formula is C15H18N2O2S2. The Bertz CT molecular complexity index is 715. The van der Waals surface area contributed by atoms with Gasteiger partial charge in [0, 0.05) is 17.1 Å². The van der Waals surface area contributed by atoms with E-state index in [1.54, 1.807) is 37.0 Å². The van der Waals surface area contributed by atoms with Crippen LogP contribution in [0.1, 0.15) is 5.56 Å². The van der Waals surface area contributed by atoms with Gasteiger partial charge in [0.05, 0.1) is 4.90 Å². The van der Waals surface area contributed by atoms with Gasteiger partial charge < -0.3 is 5.32 Å². The summed E-state index contributed by atoms with van der Waals surface area (Å²) >= 11 is 1.57. The maximum atomic E-state index is 12.6. The third-order valence-corrected chi connectivity index (χ3v) is 5.16. The number of anilines is 1. The highest BCUT2D eigenvalue weighted by Gasteiger charge is 2.17. The van der Waals surface area contributed by atoms with E-state index in [0.717, 1.165) is 10.5 Å². The van der Waals surface area contributed by atoms with Gasteiger partial charge in [0.15, 0.2) is 0 Å². The molecule has 0 heterocycles. The highest BCUT2D eigenvalue weighted by atomic mass is 32.2. The third-order valence-electron chi connectivity index (χ3n) is 2.95. The summed E-state index contributed by atoms with van der Waals surface area (Å²) in [5.74, 6) is 0. The molecule has 2 aromatic carbocycles. The zero-order valence-corrected chi connectivity index (χ0v) is 13.6. The summed E-state index contributed by atoms with van der Waals surface area (Å²) in [6.45, 7) is 0.502. The molecule has 0 saturated carbocycles. The molecular weight excluding hydrogens is 304 g/mol. The second kappa shape index (κ2) is 6.98. The fourth-order valence-corrected chi connectivity index (χ4v) is 3.75. The van der Waals surface area contributed by atoms with Gasteiger partial charge in [-0.25, -0.2) is 8.42 Å². The van der Waals surface area contributed by atoms with Crippen molar-refractivity contribution in [3.63, 3.8) is 0 Å². The van der Waals surface area contributed by atoms with E-state index >= 15 is 0 Å². The molecule has 0 bridgehead atoms. The van der Waals surface area contributed by atoms with E-state index in [2.05, 4.69) is 10.0 Å². The molecule has 2 rings (SSSR count). The van der Waals surface area contributed by atoms with E-state index in [9.17, 15) is 8.42 Å². The molecule has 0 atom stereocenters. The Labute approximate surface area is 130 Å². The van der Waals surface area contributed by atoms with Gasteiger partial charge in [0.2, 0.25) is 0 Å². The van der Waals surface area contributed by atoms with Crippen LogP contribution in [0.3, 0.4) is 0 Å². The van der Waals surface area contributed by atoms with E-state index < -0.39 is 10.0 Å². The Morgan fingerprint density at radius 1 is 1.10 bits per heavy atom. The zero-order chi connectivity index (χ0) is 15.3. The van der Waals surface area contributed by atoms with Crippen LogP contribution >= 0.6 is 11.8 Å². The number of sulfonamides is 1. The molecule has 21 heavy (non-hydrogen) atoms. The molecule has 0 fully saturated rings.